The number of pyridine rings is 1. The van der Waals surface area contributed by atoms with Crippen molar-refractivity contribution < 1.29 is 9.53 Å². The summed E-state index contributed by atoms with van der Waals surface area (Å²) in [5, 5.41) is 0.366. The normalized spacial score (nSPS) is 18.6. The van der Waals surface area contributed by atoms with Crippen LogP contribution in [0, 0.1) is 0 Å². The average Bonchev–Trinajstić information content (AvgIpc) is 2.89. The smallest absolute Gasteiger partial charge is 0.253 e. The molecule has 2 heterocycles. The summed E-state index contributed by atoms with van der Waals surface area (Å²) in [4.78, 5) is 18.4. The molecule has 0 aliphatic carbocycles. The van der Waals surface area contributed by atoms with E-state index >= 15 is 0 Å². The molecule has 0 bridgehead atoms. The van der Waals surface area contributed by atoms with Gasteiger partial charge in [-0.3, -0.25) is 4.79 Å². The summed E-state index contributed by atoms with van der Waals surface area (Å²) < 4.78 is 5.56. The Labute approximate surface area is 125 Å². The van der Waals surface area contributed by atoms with Crippen molar-refractivity contribution in [3.8, 4) is 0 Å². The largest absolute Gasteiger partial charge is 0.376 e. The molecule has 1 fully saturated rings. The van der Waals surface area contributed by atoms with Gasteiger partial charge in [0.15, 0.2) is 0 Å². The van der Waals surface area contributed by atoms with Gasteiger partial charge in [-0.2, -0.15) is 0 Å². The zero-order valence-corrected chi connectivity index (χ0v) is 13.0. The van der Waals surface area contributed by atoms with Gasteiger partial charge < -0.3 is 9.64 Å². The second kappa shape index (κ2) is 6.55. The third-order valence-electron chi connectivity index (χ3n) is 3.50. The molecule has 1 amide bonds. The van der Waals surface area contributed by atoms with E-state index in [1.54, 1.807) is 18.0 Å². The average molecular weight is 297 g/mol. The predicted octanol–water partition coefficient (Wildman–Crippen LogP) is 3.11. The van der Waals surface area contributed by atoms with Crippen molar-refractivity contribution in [2.45, 2.75) is 38.7 Å². The van der Waals surface area contributed by atoms with Gasteiger partial charge in [-0.05, 0) is 30.9 Å². The molecule has 1 unspecified atom stereocenters. The maximum absolute atomic E-state index is 12.4. The molecule has 2 rings (SSSR count). The van der Waals surface area contributed by atoms with Crippen molar-refractivity contribution in [3.63, 3.8) is 0 Å². The molecule has 110 valence electrons. The molecule has 20 heavy (non-hydrogen) atoms. The van der Waals surface area contributed by atoms with Crippen molar-refractivity contribution in [3.05, 3.63) is 28.5 Å². The zero-order chi connectivity index (χ0) is 14.7. The Morgan fingerprint density at radius 2 is 2.30 bits per heavy atom. The van der Waals surface area contributed by atoms with Crippen LogP contribution in [0.2, 0.25) is 5.15 Å². The van der Waals surface area contributed by atoms with Crippen LogP contribution in [0.3, 0.4) is 0 Å². The topological polar surface area (TPSA) is 42.4 Å². The maximum atomic E-state index is 12.4. The highest BCUT2D eigenvalue weighted by molar-refractivity contribution is 6.29. The van der Waals surface area contributed by atoms with Crippen molar-refractivity contribution >= 4 is 17.5 Å². The molecule has 1 aliphatic heterocycles. The van der Waals surface area contributed by atoms with Crippen LogP contribution >= 0.6 is 11.6 Å². The van der Waals surface area contributed by atoms with Crippen LogP contribution in [0.15, 0.2) is 12.1 Å². The van der Waals surface area contributed by atoms with Gasteiger partial charge in [0, 0.05) is 31.5 Å². The fraction of sp³-hybridized carbons (Fsp3) is 0.600. The minimum absolute atomic E-state index is 0.0355. The van der Waals surface area contributed by atoms with E-state index in [9.17, 15) is 4.79 Å². The number of carbonyl (C=O) groups is 1. The first-order valence-electron chi connectivity index (χ1n) is 7.02. The van der Waals surface area contributed by atoms with Gasteiger partial charge in [0.1, 0.15) is 5.15 Å². The van der Waals surface area contributed by atoms with E-state index in [1.807, 2.05) is 19.9 Å². The second-order valence-corrected chi connectivity index (χ2v) is 5.97. The van der Waals surface area contributed by atoms with Gasteiger partial charge in [-0.15, -0.1) is 0 Å². The minimum Gasteiger partial charge on any atom is -0.376 e. The fourth-order valence-electron chi connectivity index (χ4n) is 2.33. The number of halogens is 1. The first-order chi connectivity index (χ1) is 9.47. The Hall–Kier alpha value is -1.13. The molecule has 1 saturated heterocycles. The number of aromatic nitrogens is 1. The first-order valence-corrected chi connectivity index (χ1v) is 7.39. The van der Waals surface area contributed by atoms with Crippen molar-refractivity contribution in [2.24, 2.45) is 0 Å². The van der Waals surface area contributed by atoms with Gasteiger partial charge in [0.25, 0.3) is 5.91 Å². The number of likely N-dealkylation sites (N-methyl/N-ethyl adjacent to an activating group) is 1. The lowest BCUT2D eigenvalue weighted by Crippen LogP contribution is -2.34. The van der Waals surface area contributed by atoms with E-state index in [0.717, 1.165) is 25.1 Å². The van der Waals surface area contributed by atoms with Crippen LogP contribution in [0.5, 0.6) is 0 Å². The number of amides is 1. The quantitative estimate of drug-likeness (QED) is 0.802. The number of hydrogen-bond acceptors (Lipinski definition) is 3. The first kappa shape index (κ1) is 15.3. The molecule has 0 spiro atoms. The Bertz CT molecular complexity index is 485. The summed E-state index contributed by atoms with van der Waals surface area (Å²) >= 11 is 6.01. The highest BCUT2D eigenvalue weighted by Gasteiger charge is 2.21. The van der Waals surface area contributed by atoms with Gasteiger partial charge >= 0.3 is 0 Å². The number of carbonyl (C=O) groups excluding carboxylic acids is 1. The standard InChI is InChI=1S/C15H21ClN2O2/c1-10(2)13-7-11(8-14(16)17-13)15(19)18(3)9-12-5-4-6-20-12/h7-8,10,12H,4-6,9H2,1-3H3. The van der Waals surface area contributed by atoms with E-state index < -0.39 is 0 Å². The van der Waals surface area contributed by atoms with Gasteiger partial charge in [0.2, 0.25) is 0 Å². The molecule has 0 N–H and O–H groups in total. The van der Waals surface area contributed by atoms with Crippen LogP contribution < -0.4 is 0 Å². The monoisotopic (exact) mass is 296 g/mol. The molecule has 1 aromatic rings. The summed E-state index contributed by atoms with van der Waals surface area (Å²) in [7, 11) is 1.80. The molecular weight excluding hydrogens is 276 g/mol. The molecular formula is C15H21ClN2O2. The predicted molar refractivity (Wildman–Crippen MR) is 79.3 cm³/mol. The zero-order valence-electron chi connectivity index (χ0n) is 12.2. The summed E-state index contributed by atoms with van der Waals surface area (Å²) in [5.41, 5.74) is 1.43. The number of nitrogens with zero attached hydrogens (tertiary/aromatic N) is 2. The van der Waals surface area contributed by atoms with E-state index in [4.69, 9.17) is 16.3 Å². The lowest BCUT2D eigenvalue weighted by molar-refractivity contribution is 0.0587. The molecule has 1 aliphatic rings. The lowest BCUT2D eigenvalue weighted by atomic mass is 10.1. The highest BCUT2D eigenvalue weighted by Crippen LogP contribution is 2.19. The van der Waals surface area contributed by atoms with Gasteiger partial charge in [0.05, 0.1) is 6.10 Å². The minimum atomic E-state index is -0.0355. The van der Waals surface area contributed by atoms with E-state index in [0.29, 0.717) is 17.3 Å². The van der Waals surface area contributed by atoms with Gasteiger partial charge in [-0.25, -0.2) is 4.98 Å². The SMILES string of the molecule is CC(C)c1cc(C(=O)N(C)CC2CCCO2)cc(Cl)n1. The van der Waals surface area contributed by atoms with Crippen LogP contribution in [0.4, 0.5) is 0 Å². The third kappa shape index (κ3) is 3.70. The number of hydrogen-bond donors (Lipinski definition) is 0. The van der Waals surface area contributed by atoms with Crippen molar-refractivity contribution in [1.29, 1.82) is 0 Å². The molecule has 5 heteroatoms. The third-order valence-corrected chi connectivity index (χ3v) is 3.69. The number of ether oxygens (including phenoxy) is 1. The second-order valence-electron chi connectivity index (χ2n) is 5.58. The van der Waals surface area contributed by atoms with E-state index in [1.165, 1.54) is 0 Å². The summed E-state index contributed by atoms with van der Waals surface area (Å²) in [5.74, 6) is 0.204. The fourth-order valence-corrected chi connectivity index (χ4v) is 2.55. The molecule has 0 radical (unpaired) electrons. The molecule has 1 aromatic heterocycles. The van der Waals surface area contributed by atoms with E-state index in [2.05, 4.69) is 4.98 Å². The molecule has 0 saturated carbocycles. The molecule has 1 atom stereocenters. The van der Waals surface area contributed by atoms with Gasteiger partial charge in [-0.1, -0.05) is 25.4 Å². The van der Waals surface area contributed by atoms with Crippen LogP contribution in [0.1, 0.15) is 48.7 Å². The summed E-state index contributed by atoms with van der Waals surface area (Å²) in [6.07, 6.45) is 2.25. The van der Waals surface area contributed by atoms with Crippen LogP contribution in [-0.4, -0.2) is 42.1 Å². The maximum Gasteiger partial charge on any atom is 0.253 e. The Morgan fingerprint density at radius 3 is 2.90 bits per heavy atom. The summed E-state index contributed by atoms with van der Waals surface area (Å²) in [6, 6.07) is 3.45. The van der Waals surface area contributed by atoms with E-state index in [-0.39, 0.29) is 17.9 Å². The van der Waals surface area contributed by atoms with Crippen LogP contribution in [0.25, 0.3) is 0 Å². The Morgan fingerprint density at radius 1 is 1.55 bits per heavy atom. The van der Waals surface area contributed by atoms with Crippen molar-refractivity contribution in [1.82, 2.24) is 9.88 Å². The Balaban J connectivity index is 2.11. The highest BCUT2D eigenvalue weighted by atomic mass is 35.5. The summed E-state index contributed by atoms with van der Waals surface area (Å²) in [6.45, 7) is 5.48. The Kier molecular flexibility index (Phi) is 5.00. The lowest BCUT2D eigenvalue weighted by Gasteiger charge is -2.21. The molecule has 0 aromatic carbocycles. The van der Waals surface area contributed by atoms with Crippen LogP contribution in [-0.2, 0) is 4.74 Å². The number of rotatable bonds is 4. The van der Waals surface area contributed by atoms with Crippen molar-refractivity contribution in [2.75, 3.05) is 20.2 Å². The molecule has 4 nitrogen and oxygen atoms in total.